The van der Waals surface area contributed by atoms with Crippen molar-refractivity contribution in [3.05, 3.63) is 17.0 Å². The van der Waals surface area contributed by atoms with Crippen molar-refractivity contribution in [3.63, 3.8) is 0 Å². The third-order valence-corrected chi connectivity index (χ3v) is 4.62. The van der Waals surface area contributed by atoms with Crippen molar-refractivity contribution in [1.82, 2.24) is 15.4 Å². The molecule has 0 radical (unpaired) electrons. The Labute approximate surface area is 155 Å². The van der Waals surface area contributed by atoms with Crippen LogP contribution < -0.4 is 11.1 Å². The van der Waals surface area contributed by atoms with Crippen LogP contribution in [0.4, 0.5) is 0 Å². The van der Waals surface area contributed by atoms with Crippen LogP contribution in [0, 0.1) is 13.8 Å². The van der Waals surface area contributed by atoms with Crippen LogP contribution in [0.1, 0.15) is 49.1 Å². The standard InChI is InChI=1S/C17H28N4O3.ClH/c1-12-15(13(2)24-20-12)6-7-17(23)21-10-4-3-5-14(21)11-19-16(22)8-9-18;/h14H,3-11,18H2,1-2H3,(H,19,22);1H. The number of amides is 2. The molecule has 1 saturated heterocycles. The van der Waals surface area contributed by atoms with Gasteiger partial charge in [0.2, 0.25) is 11.8 Å². The zero-order valence-corrected chi connectivity index (χ0v) is 15.9. The maximum atomic E-state index is 12.6. The lowest BCUT2D eigenvalue weighted by atomic mass is 10.00. The van der Waals surface area contributed by atoms with Crippen LogP contribution in [0.15, 0.2) is 4.52 Å². The van der Waals surface area contributed by atoms with Gasteiger partial charge in [-0.15, -0.1) is 12.4 Å². The zero-order valence-electron chi connectivity index (χ0n) is 15.0. The Kier molecular flexibility index (Phi) is 8.92. The molecule has 1 aromatic heterocycles. The quantitative estimate of drug-likeness (QED) is 0.755. The first kappa shape index (κ1) is 21.4. The Bertz CT molecular complexity index is 557. The molecule has 2 rings (SSSR count). The summed E-state index contributed by atoms with van der Waals surface area (Å²) in [5, 5.41) is 6.82. The maximum absolute atomic E-state index is 12.6. The average Bonchev–Trinajstić information content (AvgIpc) is 2.89. The molecule has 7 nitrogen and oxygen atoms in total. The third-order valence-electron chi connectivity index (χ3n) is 4.62. The number of carbonyl (C=O) groups excluding carboxylic acids is 2. The number of nitrogens with two attached hydrogens (primary N) is 1. The normalized spacial score (nSPS) is 17.1. The van der Waals surface area contributed by atoms with Crippen LogP contribution in [0.2, 0.25) is 0 Å². The van der Waals surface area contributed by atoms with E-state index in [9.17, 15) is 9.59 Å². The second-order valence-corrected chi connectivity index (χ2v) is 6.38. The summed E-state index contributed by atoms with van der Waals surface area (Å²) in [6.07, 6.45) is 4.45. The van der Waals surface area contributed by atoms with Gasteiger partial charge < -0.3 is 20.5 Å². The molecule has 25 heavy (non-hydrogen) atoms. The Morgan fingerprint density at radius 1 is 1.32 bits per heavy atom. The number of likely N-dealkylation sites (tertiary alicyclic amines) is 1. The number of nitrogens with one attached hydrogen (secondary N) is 1. The molecule has 1 aliphatic heterocycles. The number of hydrogen-bond acceptors (Lipinski definition) is 5. The molecule has 2 heterocycles. The molecule has 1 fully saturated rings. The molecule has 0 saturated carbocycles. The fourth-order valence-corrected chi connectivity index (χ4v) is 3.23. The molecule has 1 unspecified atom stereocenters. The monoisotopic (exact) mass is 372 g/mol. The number of rotatable bonds is 7. The van der Waals surface area contributed by atoms with E-state index in [1.54, 1.807) is 0 Å². The Morgan fingerprint density at radius 2 is 2.08 bits per heavy atom. The first-order valence-electron chi connectivity index (χ1n) is 8.71. The van der Waals surface area contributed by atoms with Crippen molar-refractivity contribution in [3.8, 4) is 0 Å². The van der Waals surface area contributed by atoms with Crippen molar-refractivity contribution in [2.24, 2.45) is 5.73 Å². The minimum Gasteiger partial charge on any atom is -0.361 e. The molecule has 0 bridgehead atoms. The lowest BCUT2D eigenvalue weighted by Crippen LogP contribution is -2.49. The van der Waals surface area contributed by atoms with Crippen molar-refractivity contribution in [1.29, 1.82) is 0 Å². The summed E-state index contributed by atoms with van der Waals surface area (Å²) < 4.78 is 5.15. The average molecular weight is 373 g/mol. The molecule has 142 valence electrons. The highest BCUT2D eigenvalue weighted by molar-refractivity contribution is 5.85. The second-order valence-electron chi connectivity index (χ2n) is 6.38. The van der Waals surface area contributed by atoms with Crippen molar-refractivity contribution < 1.29 is 14.1 Å². The smallest absolute Gasteiger partial charge is 0.223 e. The van der Waals surface area contributed by atoms with Crippen molar-refractivity contribution in [2.75, 3.05) is 19.6 Å². The van der Waals surface area contributed by atoms with Gasteiger partial charge in [0.15, 0.2) is 0 Å². The van der Waals surface area contributed by atoms with E-state index in [1.165, 1.54) is 0 Å². The topological polar surface area (TPSA) is 101 Å². The Morgan fingerprint density at radius 3 is 2.72 bits per heavy atom. The van der Waals surface area contributed by atoms with Gasteiger partial charge >= 0.3 is 0 Å². The summed E-state index contributed by atoms with van der Waals surface area (Å²) in [5.74, 6) is 0.864. The summed E-state index contributed by atoms with van der Waals surface area (Å²) in [6, 6.07) is 0.0812. The molecule has 3 N–H and O–H groups in total. The SMILES string of the molecule is Cc1noc(C)c1CCC(=O)N1CCCCC1CNC(=O)CCN.Cl. The van der Waals surface area contributed by atoms with Crippen molar-refractivity contribution >= 4 is 24.2 Å². The molecule has 1 aromatic rings. The Hall–Kier alpha value is -1.60. The molecule has 8 heteroatoms. The number of nitrogens with zero attached hydrogens (tertiary/aromatic N) is 2. The fraction of sp³-hybridized carbons (Fsp3) is 0.706. The van der Waals surface area contributed by atoms with E-state index in [1.807, 2.05) is 18.7 Å². The van der Waals surface area contributed by atoms with Gasteiger partial charge in [-0.3, -0.25) is 9.59 Å². The number of piperidine rings is 1. The molecule has 0 spiro atoms. The van der Waals surface area contributed by atoms with Gasteiger partial charge in [-0.25, -0.2) is 0 Å². The minimum absolute atomic E-state index is 0. The lowest BCUT2D eigenvalue weighted by Gasteiger charge is -2.36. The fourth-order valence-electron chi connectivity index (χ4n) is 3.23. The van der Waals surface area contributed by atoms with Gasteiger partial charge in [0.05, 0.1) is 5.69 Å². The van der Waals surface area contributed by atoms with Gasteiger partial charge in [-0.1, -0.05) is 5.16 Å². The lowest BCUT2D eigenvalue weighted by molar-refractivity contribution is -0.135. The van der Waals surface area contributed by atoms with Gasteiger partial charge in [0.25, 0.3) is 0 Å². The third kappa shape index (κ3) is 6.01. The molecule has 0 aliphatic carbocycles. The maximum Gasteiger partial charge on any atom is 0.223 e. The summed E-state index contributed by atoms with van der Waals surface area (Å²) in [6.45, 7) is 5.38. The molecule has 1 aliphatic rings. The molecule has 0 aromatic carbocycles. The molecular weight excluding hydrogens is 344 g/mol. The van der Waals surface area contributed by atoms with E-state index < -0.39 is 0 Å². The minimum atomic E-state index is -0.0498. The number of halogens is 1. The summed E-state index contributed by atoms with van der Waals surface area (Å²) in [5.41, 5.74) is 7.26. The van der Waals surface area contributed by atoms with Crippen LogP contribution in [0.3, 0.4) is 0 Å². The Balaban J connectivity index is 0.00000312. The van der Waals surface area contributed by atoms with E-state index in [2.05, 4.69) is 10.5 Å². The zero-order chi connectivity index (χ0) is 17.5. The summed E-state index contributed by atoms with van der Waals surface area (Å²) in [4.78, 5) is 26.2. The van der Waals surface area contributed by atoms with Crippen LogP contribution >= 0.6 is 12.4 Å². The molecular formula is C17H29ClN4O3. The molecule has 1 atom stereocenters. The molecule has 2 amide bonds. The van der Waals surface area contributed by atoms with Gasteiger partial charge in [-0.2, -0.15) is 0 Å². The predicted octanol–water partition coefficient (Wildman–Crippen LogP) is 1.49. The second kappa shape index (κ2) is 10.4. The number of hydrogen-bond donors (Lipinski definition) is 2. The highest BCUT2D eigenvalue weighted by atomic mass is 35.5. The summed E-state index contributed by atoms with van der Waals surface area (Å²) >= 11 is 0. The predicted molar refractivity (Wildman–Crippen MR) is 97.6 cm³/mol. The van der Waals surface area contributed by atoms with Gasteiger partial charge in [0, 0.05) is 44.1 Å². The van der Waals surface area contributed by atoms with Crippen molar-refractivity contribution in [2.45, 2.75) is 58.4 Å². The van der Waals surface area contributed by atoms with E-state index in [0.717, 1.165) is 42.8 Å². The van der Waals surface area contributed by atoms with Crippen LogP contribution in [-0.4, -0.2) is 47.5 Å². The van der Waals surface area contributed by atoms with E-state index in [0.29, 0.717) is 32.4 Å². The van der Waals surface area contributed by atoms with E-state index >= 15 is 0 Å². The van der Waals surface area contributed by atoms with Gasteiger partial charge in [-0.05, 0) is 39.5 Å². The number of aromatic nitrogens is 1. The van der Waals surface area contributed by atoms with Gasteiger partial charge in [0.1, 0.15) is 5.76 Å². The van der Waals surface area contributed by atoms with Crippen LogP contribution in [0.5, 0.6) is 0 Å². The highest BCUT2D eigenvalue weighted by Crippen LogP contribution is 2.20. The number of carbonyl (C=O) groups is 2. The summed E-state index contributed by atoms with van der Waals surface area (Å²) in [7, 11) is 0. The first-order chi connectivity index (χ1) is 11.5. The highest BCUT2D eigenvalue weighted by Gasteiger charge is 2.27. The number of aryl methyl sites for hydroxylation is 2. The van der Waals surface area contributed by atoms with E-state index in [-0.39, 0.29) is 30.3 Å². The van der Waals surface area contributed by atoms with E-state index in [4.69, 9.17) is 10.3 Å². The largest absolute Gasteiger partial charge is 0.361 e. The first-order valence-corrected chi connectivity index (χ1v) is 8.71. The van der Waals surface area contributed by atoms with Crippen LogP contribution in [0.25, 0.3) is 0 Å². The van der Waals surface area contributed by atoms with Crippen LogP contribution in [-0.2, 0) is 16.0 Å².